The first kappa shape index (κ1) is 21.9. The van der Waals surface area contributed by atoms with Crippen molar-refractivity contribution in [2.75, 3.05) is 19.5 Å². The lowest BCUT2D eigenvalue weighted by atomic mass is 9.78. The van der Waals surface area contributed by atoms with E-state index in [4.69, 9.17) is 18.8 Å². The van der Waals surface area contributed by atoms with Gasteiger partial charge >= 0.3 is 13.1 Å². The van der Waals surface area contributed by atoms with Crippen molar-refractivity contribution < 1.29 is 28.4 Å². The first-order valence-electron chi connectivity index (χ1n) is 9.61. The SMILES string of the molecule is COC(=O)c1ccc(NC(=O)c2cccc(B3OC(C)(C)C(C)(C)O3)c2)cc1OC. The van der Waals surface area contributed by atoms with Crippen LogP contribution in [-0.2, 0) is 14.0 Å². The smallest absolute Gasteiger partial charge is 0.494 e. The van der Waals surface area contributed by atoms with E-state index in [9.17, 15) is 9.59 Å². The molecule has 1 heterocycles. The summed E-state index contributed by atoms with van der Waals surface area (Å²) in [7, 11) is 2.19. The minimum absolute atomic E-state index is 0.278. The summed E-state index contributed by atoms with van der Waals surface area (Å²) in [4.78, 5) is 24.6. The van der Waals surface area contributed by atoms with E-state index in [1.54, 1.807) is 36.4 Å². The molecule has 8 heteroatoms. The number of methoxy groups -OCH3 is 2. The van der Waals surface area contributed by atoms with Gasteiger partial charge in [0.05, 0.1) is 25.4 Å². The van der Waals surface area contributed by atoms with Gasteiger partial charge in [-0.1, -0.05) is 12.1 Å². The lowest BCUT2D eigenvalue weighted by Gasteiger charge is -2.32. The molecule has 1 aliphatic rings. The molecule has 0 radical (unpaired) electrons. The molecule has 1 amide bonds. The van der Waals surface area contributed by atoms with Crippen LogP contribution in [0.2, 0.25) is 0 Å². The maximum absolute atomic E-state index is 12.8. The minimum Gasteiger partial charge on any atom is -0.496 e. The molecule has 7 nitrogen and oxygen atoms in total. The molecule has 3 rings (SSSR count). The first-order chi connectivity index (χ1) is 14.1. The molecule has 1 N–H and O–H groups in total. The Kier molecular flexibility index (Phi) is 5.92. The van der Waals surface area contributed by atoms with Crippen LogP contribution in [0, 0.1) is 0 Å². The second kappa shape index (κ2) is 8.12. The summed E-state index contributed by atoms with van der Waals surface area (Å²) in [6.45, 7) is 7.92. The number of anilines is 1. The monoisotopic (exact) mass is 411 g/mol. The Balaban J connectivity index is 1.79. The number of ether oxygens (including phenoxy) is 2. The normalized spacial score (nSPS) is 16.8. The minimum atomic E-state index is -0.554. The molecule has 0 aliphatic carbocycles. The molecule has 0 bridgehead atoms. The largest absolute Gasteiger partial charge is 0.496 e. The highest BCUT2D eigenvalue weighted by atomic mass is 16.7. The van der Waals surface area contributed by atoms with Gasteiger partial charge in [0.25, 0.3) is 5.91 Å². The summed E-state index contributed by atoms with van der Waals surface area (Å²) in [6.07, 6.45) is 0. The van der Waals surface area contributed by atoms with Crippen molar-refractivity contribution in [3.05, 3.63) is 53.6 Å². The molecule has 1 aliphatic heterocycles. The summed E-state index contributed by atoms with van der Waals surface area (Å²) in [6, 6.07) is 11.8. The lowest BCUT2D eigenvalue weighted by Crippen LogP contribution is -2.41. The second-order valence-electron chi connectivity index (χ2n) is 8.07. The van der Waals surface area contributed by atoms with Crippen molar-refractivity contribution in [1.82, 2.24) is 0 Å². The van der Waals surface area contributed by atoms with E-state index in [0.717, 1.165) is 5.46 Å². The number of esters is 1. The second-order valence-corrected chi connectivity index (χ2v) is 8.07. The van der Waals surface area contributed by atoms with Gasteiger partial charge in [0.1, 0.15) is 11.3 Å². The van der Waals surface area contributed by atoms with Crippen molar-refractivity contribution in [2.24, 2.45) is 0 Å². The number of benzene rings is 2. The van der Waals surface area contributed by atoms with E-state index in [1.807, 2.05) is 33.8 Å². The molecule has 2 aromatic carbocycles. The van der Waals surface area contributed by atoms with Gasteiger partial charge in [0.15, 0.2) is 0 Å². The van der Waals surface area contributed by atoms with Crippen LogP contribution in [0.15, 0.2) is 42.5 Å². The fourth-order valence-electron chi connectivity index (χ4n) is 3.06. The van der Waals surface area contributed by atoms with Gasteiger partial charge in [-0.05, 0) is 57.4 Å². The maximum Gasteiger partial charge on any atom is 0.494 e. The predicted molar refractivity (Wildman–Crippen MR) is 114 cm³/mol. The molecule has 0 atom stereocenters. The average Bonchev–Trinajstić information content (AvgIpc) is 2.94. The van der Waals surface area contributed by atoms with E-state index < -0.39 is 24.3 Å². The Labute approximate surface area is 176 Å². The predicted octanol–water partition coefficient (Wildman–Crippen LogP) is 3.03. The van der Waals surface area contributed by atoms with E-state index in [-0.39, 0.29) is 11.5 Å². The zero-order valence-electron chi connectivity index (χ0n) is 18.1. The first-order valence-corrected chi connectivity index (χ1v) is 9.61. The van der Waals surface area contributed by atoms with Crippen molar-refractivity contribution in [2.45, 2.75) is 38.9 Å². The number of amides is 1. The maximum atomic E-state index is 12.8. The number of hydrogen-bond acceptors (Lipinski definition) is 6. The molecule has 30 heavy (non-hydrogen) atoms. The quantitative estimate of drug-likeness (QED) is 0.602. The number of rotatable bonds is 5. The van der Waals surface area contributed by atoms with Crippen molar-refractivity contribution in [3.8, 4) is 5.75 Å². The van der Waals surface area contributed by atoms with Crippen LogP contribution >= 0.6 is 0 Å². The molecule has 0 saturated carbocycles. The van der Waals surface area contributed by atoms with E-state index >= 15 is 0 Å². The number of carbonyl (C=O) groups is 2. The van der Waals surface area contributed by atoms with Gasteiger partial charge in [0, 0.05) is 17.3 Å². The Bertz CT molecular complexity index is 956. The molecule has 158 valence electrons. The zero-order chi connectivity index (χ0) is 22.1. The average molecular weight is 411 g/mol. The molecular weight excluding hydrogens is 385 g/mol. The molecule has 0 aromatic heterocycles. The fourth-order valence-corrected chi connectivity index (χ4v) is 3.06. The van der Waals surface area contributed by atoms with Crippen LogP contribution in [0.5, 0.6) is 5.75 Å². The molecule has 2 aromatic rings. The van der Waals surface area contributed by atoms with E-state index in [0.29, 0.717) is 17.0 Å². The van der Waals surface area contributed by atoms with Crippen LogP contribution in [0.3, 0.4) is 0 Å². The highest BCUT2D eigenvalue weighted by Crippen LogP contribution is 2.36. The number of hydrogen-bond donors (Lipinski definition) is 1. The number of nitrogens with one attached hydrogen (secondary N) is 1. The molecule has 1 fully saturated rings. The van der Waals surface area contributed by atoms with Gasteiger partial charge < -0.3 is 24.1 Å². The van der Waals surface area contributed by atoms with Crippen LogP contribution in [0.1, 0.15) is 48.4 Å². The highest BCUT2D eigenvalue weighted by Gasteiger charge is 2.51. The van der Waals surface area contributed by atoms with Gasteiger partial charge in [-0.3, -0.25) is 4.79 Å². The summed E-state index contributed by atoms with van der Waals surface area (Å²) in [5.41, 5.74) is 1.06. The Morgan fingerprint density at radius 2 is 1.63 bits per heavy atom. The topological polar surface area (TPSA) is 83.1 Å². The van der Waals surface area contributed by atoms with Crippen molar-refractivity contribution >= 4 is 30.1 Å². The third-order valence-electron chi connectivity index (χ3n) is 5.54. The standard InChI is InChI=1S/C22H26BNO6/c1-21(2)22(3,4)30-23(29-21)15-9-7-8-14(12-15)19(25)24-16-10-11-17(20(26)28-6)18(13-16)27-5/h7-13H,1-6H3,(H,24,25). The van der Waals surface area contributed by atoms with Gasteiger partial charge in [-0.2, -0.15) is 0 Å². The van der Waals surface area contributed by atoms with Gasteiger partial charge in [0.2, 0.25) is 0 Å². The van der Waals surface area contributed by atoms with Gasteiger partial charge in [-0.25, -0.2) is 4.79 Å². The van der Waals surface area contributed by atoms with E-state index in [2.05, 4.69) is 5.32 Å². The lowest BCUT2D eigenvalue weighted by molar-refractivity contribution is 0.00578. The van der Waals surface area contributed by atoms with E-state index in [1.165, 1.54) is 14.2 Å². The summed E-state index contributed by atoms with van der Waals surface area (Å²) < 4.78 is 22.1. The third kappa shape index (κ3) is 4.20. The Morgan fingerprint density at radius 1 is 0.967 bits per heavy atom. The fraction of sp³-hybridized carbons (Fsp3) is 0.364. The molecule has 0 unspecified atom stereocenters. The number of carbonyl (C=O) groups excluding carboxylic acids is 2. The molecule has 0 spiro atoms. The summed E-state index contributed by atoms with van der Waals surface area (Å²) >= 11 is 0. The van der Waals surface area contributed by atoms with Crippen LogP contribution < -0.4 is 15.5 Å². The molecular formula is C22H26BNO6. The van der Waals surface area contributed by atoms with Crippen molar-refractivity contribution in [1.29, 1.82) is 0 Å². The van der Waals surface area contributed by atoms with Crippen LogP contribution in [-0.4, -0.2) is 44.4 Å². The zero-order valence-corrected chi connectivity index (χ0v) is 18.1. The van der Waals surface area contributed by atoms with Crippen LogP contribution in [0.25, 0.3) is 0 Å². The summed E-state index contributed by atoms with van der Waals surface area (Å²) in [5.74, 6) is -0.508. The third-order valence-corrected chi connectivity index (χ3v) is 5.54. The summed E-state index contributed by atoms with van der Waals surface area (Å²) in [5, 5.41) is 2.81. The molecule has 1 saturated heterocycles. The Morgan fingerprint density at radius 3 is 2.23 bits per heavy atom. The Hall–Kier alpha value is -2.84. The van der Waals surface area contributed by atoms with Gasteiger partial charge in [-0.15, -0.1) is 0 Å². The van der Waals surface area contributed by atoms with Crippen molar-refractivity contribution in [3.63, 3.8) is 0 Å². The van der Waals surface area contributed by atoms with Crippen LogP contribution in [0.4, 0.5) is 5.69 Å². The highest BCUT2D eigenvalue weighted by molar-refractivity contribution is 6.62.